The Bertz CT molecular complexity index is 1350. The van der Waals surface area contributed by atoms with Crippen molar-refractivity contribution in [3.63, 3.8) is 0 Å². The van der Waals surface area contributed by atoms with Gasteiger partial charge < -0.3 is 5.11 Å². The summed E-state index contributed by atoms with van der Waals surface area (Å²) in [4.78, 5) is 38.0. The van der Waals surface area contributed by atoms with E-state index >= 15 is 0 Å². The van der Waals surface area contributed by atoms with E-state index in [0.29, 0.717) is 27.7 Å². The van der Waals surface area contributed by atoms with E-state index in [1.165, 1.54) is 22.5 Å². The second-order valence-electron chi connectivity index (χ2n) is 6.97. The number of benzene rings is 2. The van der Waals surface area contributed by atoms with E-state index in [1.54, 1.807) is 49.5 Å². The second kappa shape index (κ2) is 7.49. The highest BCUT2D eigenvalue weighted by Crippen LogP contribution is 2.27. The number of amides is 1. The Morgan fingerprint density at radius 2 is 1.53 bits per heavy atom. The van der Waals surface area contributed by atoms with Gasteiger partial charge >= 0.3 is 5.69 Å². The van der Waals surface area contributed by atoms with Gasteiger partial charge in [0.15, 0.2) is 6.10 Å². The zero-order valence-electron chi connectivity index (χ0n) is 16.4. The topological polar surface area (TPSA) is 98.3 Å². The molecule has 1 amide bonds. The number of hydrogen-bond donors (Lipinski definition) is 2. The van der Waals surface area contributed by atoms with Gasteiger partial charge in [0.2, 0.25) is 0 Å². The number of carbonyl (C=O) groups is 1. The highest BCUT2D eigenvalue weighted by Gasteiger charge is 2.23. The SMILES string of the molecule is Cn1c(=O)c2c(-c3ccccc3)n(NC(=O)[C@H](O)c3ccccc3)cc2n(C)c1=O. The molecule has 4 rings (SSSR count). The van der Waals surface area contributed by atoms with Crippen LogP contribution in [-0.4, -0.2) is 24.8 Å². The van der Waals surface area contributed by atoms with E-state index in [4.69, 9.17) is 0 Å². The minimum absolute atomic E-state index is 0.292. The minimum atomic E-state index is -1.40. The maximum Gasteiger partial charge on any atom is 0.330 e. The van der Waals surface area contributed by atoms with Crippen molar-refractivity contribution in [2.45, 2.75) is 6.10 Å². The lowest BCUT2D eigenvalue weighted by Gasteiger charge is -2.15. The molecule has 2 heterocycles. The first-order valence-corrected chi connectivity index (χ1v) is 9.30. The molecule has 0 fully saturated rings. The third-order valence-electron chi connectivity index (χ3n) is 5.08. The number of aliphatic hydroxyl groups is 1. The molecule has 1 atom stereocenters. The van der Waals surface area contributed by atoms with Crippen LogP contribution in [0.15, 0.2) is 76.4 Å². The molecule has 8 nitrogen and oxygen atoms in total. The van der Waals surface area contributed by atoms with Crippen molar-refractivity contribution in [3.05, 3.63) is 93.3 Å². The molecule has 0 radical (unpaired) electrons. The Morgan fingerprint density at radius 1 is 0.933 bits per heavy atom. The van der Waals surface area contributed by atoms with Crippen molar-refractivity contribution in [2.75, 3.05) is 5.43 Å². The van der Waals surface area contributed by atoms with E-state index in [0.717, 1.165) is 4.57 Å². The summed E-state index contributed by atoms with van der Waals surface area (Å²) >= 11 is 0. The molecule has 30 heavy (non-hydrogen) atoms. The standard InChI is InChI=1S/C22H20N4O4/c1-24-16-13-26(23-20(28)19(27)15-11-7-4-8-12-15)18(14-9-5-3-6-10-14)17(16)21(29)25(2)22(24)30/h3-13,19,27H,1-2H3,(H,23,28)/t19-/m1/s1. The van der Waals surface area contributed by atoms with Crippen molar-refractivity contribution in [3.8, 4) is 11.3 Å². The molecule has 0 aliphatic heterocycles. The van der Waals surface area contributed by atoms with Crippen molar-refractivity contribution in [2.24, 2.45) is 14.1 Å². The first kappa shape index (κ1) is 19.4. The van der Waals surface area contributed by atoms with Crippen molar-refractivity contribution < 1.29 is 9.90 Å². The number of nitrogens with zero attached hydrogens (tertiary/aromatic N) is 3. The first-order valence-electron chi connectivity index (χ1n) is 9.30. The summed E-state index contributed by atoms with van der Waals surface area (Å²) in [6.45, 7) is 0. The molecule has 0 bridgehead atoms. The number of rotatable bonds is 4. The van der Waals surface area contributed by atoms with Gasteiger partial charge in [-0.05, 0) is 5.56 Å². The van der Waals surface area contributed by atoms with E-state index in [-0.39, 0.29) is 0 Å². The van der Waals surface area contributed by atoms with Gasteiger partial charge in [-0.2, -0.15) is 0 Å². The summed E-state index contributed by atoms with van der Waals surface area (Å²) in [7, 11) is 2.97. The van der Waals surface area contributed by atoms with Crippen molar-refractivity contribution in [1.82, 2.24) is 13.8 Å². The lowest BCUT2D eigenvalue weighted by Crippen LogP contribution is -2.36. The predicted molar refractivity (Wildman–Crippen MR) is 114 cm³/mol. The third-order valence-corrected chi connectivity index (χ3v) is 5.08. The van der Waals surface area contributed by atoms with Gasteiger partial charge in [0, 0.05) is 19.7 Å². The Labute approximate surface area is 171 Å². The van der Waals surface area contributed by atoms with Crippen molar-refractivity contribution >= 4 is 16.8 Å². The third kappa shape index (κ3) is 3.13. The van der Waals surface area contributed by atoms with Gasteiger partial charge in [-0.15, -0.1) is 0 Å². The maximum atomic E-state index is 12.9. The number of aromatic nitrogens is 3. The van der Waals surface area contributed by atoms with Gasteiger partial charge in [0.1, 0.15) is 0 Å². The molecule has 0 spiro atoms. The van der Waals surface area contributed by atoms with Gasteiger partial charge in [0.25, 0.3) is 11.5 Å². The summed E-state index contributed by atoms with van der Waals surface area (Å²) in [5.41, 5.74) is 3.63. The average molecular weight is 404 g/mol. The van der Waals surface area contributed by atoms with Crippen LogP contribution in [0.5, 0.6) is 0 Å². The highest BCUT2D eigenvalue weighted by atomic mass is 16.3. The average Bonchev–Trinajstić information content (AvgIpc) is 3.16. The molecule has 4 aromatic rings. The number of nitrogens with one attached hydrogen (secondary N) is 1. The quantitative estimate of drug-likeness (QED) is 0.539. The summed E-state index contributed by atoms with van der Waals surface area (Å²) in [6.07, 6.45) is 0.114. The van der Waals surface area contributed by atoms with Gasteiger partial charge in [0.05, 0.1) is 22.8 Å². The Morgan fingerprint density at radius 3 is 2.17 bits per heavy atom. The second-order valence-corrected chi connectivity index (χ2v) is 6.97. The summed E-state index contributed by atoms with van der Waals surface area (Å²) in [5, 5.41) is 10.7. The molecule has 152 valence electrons. The fourth-order valence-electron chi connectivity index (χ4n) is 3.48. The van der Waals surface area contributed by atoms with Crippen LogP contribution in [-0.2, 0) is 18.9 Å². The molecule has 8 heteroatoms. The molecule has 0 saturated heterocycles. The van der Waals surface area contributed by atoms with Crippen LogP contribution in [0.25, 0.3) is 22.2 Å². The summed E-state index contributed by atoms with van der Waals surface area (Å²) in [5.74, 6) is -0.666. The fourth-order valence-corrected chi connectivity index (χ4v) is 3.48. The molecule has 0 aliphatic carbocycles. The maximum absolute atomic E-state index is 12.9. The number of hydrogen-bond acceptors (Lipinski definition) is 4. The minimum Gasteiger partial charge on any atom is -0.378 e. The van der Waals surface area contributed by atoms with Crippen LogP contribution >= 0.6 is 0 Å². The van der Waals surface area contributed by atoms with Crippen LogP contribution in [0.2, 0.25) is 0 Å². The van der Waals surface area contributed by atoms with E-state index in [1.807, 2.05) is 18.2 Å². The highest BCUT2D eigenvalue weighted by molar-refractivity contribution is 5.96. The smallest absolute Gasteiger partial charge is 0.330 e. The number of aryl methyl sites for hydroxylation is 1. The molecule has 0 aliphatic rings. The van der Waals surface area contributed by atoms with E-state index in [9.17, 15) is 19.5 Å². The van der Waals surface area contributed by atoms with Crippen LogP contribution < -0.4 is 16.7 Å². The van der Waals surface area contributed by atoms with Crippen LogP contribution in [0.3, 0.4) is 0 Å². The normalized spacial score (nSPS) is 12.1. The molecule has 0 saturated carbocycles. The fraction of sp³-hybridized carbons (Fsp3) is 0.136. The zero-order valence-corrected chi connectivity index (χ0v) is 16.4. The van der Waals surface area contributed by atoms with Gasteiger partial charge in [-0.25, -0.2) is 4.79 Å². The predicted octanol–water partition coefficient (Wildman–Crippen LogP) is 1.51. The monoisotopic (exact) mass is 404 g/mol. The van der Waals surface area contributed by atoms with Crippen LogP contribution in [0.4, 0.5) is 0 Å². The molecule has 2 aromatic heterocycles. The Hall–Kier alpha value is -3.91. The zero-order chi connectivity index (χ0) is 21.4. The largest absolute Gasteiger partial charge is 0.378 e. The van der Waals surface area contributed by atoms with Crippen molar-refractivity contribution in [1.29, 1.82) is 0 Å². The van der Waals surface area contributed by atoms with E-state index in [2.05, 4.69) is 5.43 Å². The Kier molecular flexibility index (Phi) is 4.85. The molecular weight excluding hydrogens is 384 g/mol. The van der Waals surface area contributed by atoms with Gasteiger partial charge in [-0.1, -0.05) is 60.7 Å². The number of aliphatic hydroxyl groups excluding tert-OH is 1. The van der Waals surface area contributed by atoms with E-state index < -0.39 is 23.3 Å². The first-order chi connectivity index (χ1) is 14.4. The summed E-state index contributed by atoms with van der Waals surface area (Å²) < 4.78 is 3.76. The Balaban J connectivity index is 1.91. The molecule has 0 unspecified atom stereocenters. The lowest BCUT2D eigenvalue weighted by atomic mass is 10.1. The molecule has 2 aromatic carbocycles. The molecular formula is C22H20N4O4. The number of fused-ring (bicyclic) bond motifs is 1. The van der Waals surface area contributed by atoms with Crippen LogP contribution in [0, 0.1) is 0 Å². The molecule has 2 N–H and O–H groups in total. The lowest BCUT2D eigenvalue weighted by molar-refractivity contribution is -0.125. The summed E-state index contributed by atoms with van der Waals surface area (Å²) in [6, 6.07) is 17.6. The van der Waals surface area contributed by atoms with Crippen LogP contribution in [0.1, 0.15) is 11.7 Å². The van der Waals surface area contributed by atoms with Gasteiger partial charge in [-0.3, -0.25) is 28.8 Å². The number of carbonyl (C=O) groups excluding carboxylic acids is 1.